The zero-order valence-electron chi connectivity index (χ0n) is 12.8. The van der Waals surface area contributed by atoms with E-state index in [9.17, 15) is 9.90 Å². The summed E-state index contributed by atoms with van der Waals surface area (Å²) in [6.07, 6.45) is 1.65. The Bertz CT molecular complexity index is 741. The summed E-state index contributed by atoms with van der Waals surface area (Å²) in [5.74, 6) is 0.475. The van der Waals surface area contributed by atoms with Gasteiger partial charge in [0.2, 0.25) is 5.91 Å². The number of halogens is 1. The maximum Gasteiger partial charge on any atom is 0.230 e. The van der Waals surface area contributed by atoms with Crippen molar-refractivity contribution in [1.29, 1.82) is 0 Å². The lowest BCUT2D eigenvalue weighted by Crippen LogP contribution is -2.34. The van der Waals surface area contributed by atoms with E-state index in [4.69, 9.17) is 16.3 Å². The fourth-order valence-electron chi connectivity index (χ4n) is 2.76. The molecule has 1 saturated carbocycles. The predicted molar refractivity (Wildman–Crippen MR) is 88.9 cm³/mol. The molecule has 4 nitrogen and oxygen atoms in total. The van der Waals surface area contributed by atoms with Gasteiger partial charge in [-0.25, -0.2) is 0 Å². The maximum atomic E-state index is 12.6. The minimum Gasteiger partial charge on any atom is -0.504 e. The van der Waals surface area contributed by atoms with Gasteiger partial charge in [0.05, 0.1) is 12.5 Å². The number of benzene rings is 2. The van der Waals surface area contributed by atoms with Crippen LogP contribution in [0.25, 0.3) is 0 Å². The Balaban J connectivity index is 1.69. The van der Waals surface area contributed by atoms with Crippen molar-refractivity contribution in [2.75, 3.05) is 7.11 Å². The first kappa shape index (κ1) is 15.7. The molecule has 0 unspecified atom stereocenters. The summed E-state index contributed by atoms with van der Waals surface area (Å²) in [7, 11) is 1.50. The highest BCUT2D eigenvalue weighted by Gasteiger charge is 2.51. The van der Waals surface area contributed by atoms with Crippen LogP contribution in [0.4, 0.5) is 0 Å². The van der Waals surface area contributed by atoms with Crippen molar-refractivity contribution >= 4 is 17.5 Å². The zero-order chi connectivity index (χ0) is 16.4. The van der Waals surface area contributed by atoms with Gasteiger partial charge in [-0.1, -0.05) is 29.8 Å². The van der Waals surface area contributed by atoms with E-state index in [2.05, 4.69) is 5.32 Å². The van der Waals surface area contributed by atoms with Crippen LogP contribution < -0.4 is 10.1 Å². The minimum atomic E-state index is -0.459. The van der Waals surface area contributed by atoms with E-state index in [0.717, 1.165) is 24.0 Å². The van der Waals surface area contributed by atoms with E-state index >= 15 is 0 Å². The van der Waals surface area contributed by atoms with Gasteiger partial charge >= 0.3 is 0 Å². The van der Waals surface area contributed by atoms with Gasteiger partial charge in [0, 0.05) is 11.6 Å². The van der Waals surface area contributed by atoms with Gasteiger partial charge in [-0.05, 0) is 48.2 Å². The third kappa shape index (κ3) is 3.13. The number of hydrogen-bond donors (Lipinski definition) is 2. The van der Waals surface area contributed by atoms with Gasteiger partial charge in [0.25, 0.3) is 0 Å². The van der Waals surface area contributed by atoms with Crippen LogP contribution in [0.1, 0.15) is 24.0 Å². The highest BCUT2D eigenvalue weighted by Crippen LogP contribution is 2.48. The van der Waals surface area contributed by atoms with Crippen molar-refractivity contribution in [3.8, 4) is 11.5 Å². The lowest BCUT2D eigenvalue weighted by atomic mass is 9.95. The molecule has 2 aromatic rings. The third-order valence-corrected chi connectivity index (χ3v) is 4.49. The van der Waals surface area contributed by atoms with Crippen LogP contribution >= 0.6 is 11.6 Å². The number of carbonyl (C=O) groups excluding carboxylic acids is 1. The molecular formula is C18H18ClNO3. The molecule has 2 aromatic carbocycles. The van der Waals surface area contributed by atoms with Crippen LogP contribution in [0, 0.1) is 0 Å². The van der Waals surface area contributed by atoms with E-state index in [0.29, 0.717) is 17.3 Å². The fourth-order valence-corrected chi connectivity index (χ4v) is 2.95. The molecule has 0 atom stereocenters. The number of phenols is 1. The van der Waals surface area contributed by atoms with Crippen molar-refractivity contribution in [1.82, 2.24) is 5.32 Å². The second kappa shape index (κ2) is 6.13. The van der Waals surface area contributed by atoms with Gasteiger partial charge in [-0.3, -0.25) is 4.79 Å². The Morgan fingerprint density at radius 3 is 2.70 bits per heavy atom. The van der Waals surface area contributed by atoms with Crippen LogP contribution in [0.3, 0.4) is 0 Å². The number of methoxy groups -OCH3 is 1. The van der Waals surface area contributed by atoms with Gasteiger partial charge in [0.15, 0.2) is 11.5 Å². The highest BCUT2D eigenvalue weighted by molar-refractivity contribution is 6.30. The van der Waals surface area contributed by atoms with Crippen molar-refractivity contribution in [2.24, 2.45) is 0 Å². The molecule has 120 valence electrons. The molecule has 0 heterocycles. The molecule has 1 aliphatic rings. The molecular weight excluding hydrogens is 314 g/mol. The summed E-state index contributed by atoms with van der Waals surface area (Å²) in [4.78, 5) is 12.6. The average Bonchev–Trinajstić information content (AvgIpc) is 3.34. The van der Waals surface area contributed by atoms with Gasteiger partial charge in [0.1, 0.15) is 0 Å². The van der Waals surface area contributed by atoms with Gasteiger partial charge < -0.3 is 15.2 Å². The van der Waals surface area contributed by atoms with Crippen molar-refractivity contribution in [3.63, 3.8) is 0 Å². The SMILES string of the molecule is COc1ccc(CNC(=O)C2(c3cccc(Cl)c3)CC2)cc1O. The summed E-state index contributed by atoms with van der Waals surface area (Å²) >= 11 is 6.03. The predicted octanol–water partition coefficient (Wildman–Crippen LogP) is 3.40. The molecule has 5 heteroatoms. The Hall–Kier alpha value is -2.20. The van der Waals surface area contributed by atoms with Crippen LogP contribution in [-0.2, 0) is 16.8 Å². The number of phenolic OH excluding ortho intramolecular Hbond substituents is 1. The molecule has 0 aromatic heterocycles. The first-order valence-electron chi connectivity index (χ1n) is 7.45. The van der Waals surface area contributed by atoms with E-state index < -0.39 is 5.41 Å². The van der Waals surface area contributed by atoms with E-state index in [-0.39, 0.29) is 11.7 Å². The first-order chi connectivity index (χ1) is 11.0. The lowest BCUT2D eigenvalue weighted by molar-refractivity contribution is -0.123. The molecule has 0 bridgehead atoms. The third-order valence-electron chi connectivity index (χ3n) is 4.26. The quantitative estimate of drug-likeness (QED) is 0.882. The molecule has 3 rings (SSSR count). The normalized spacial score (nSPS) is 15.0. The van der Waals surface area contributed by atoms with Crippen molar-refractivity contribution in [2.45, 2.75) is 24.8 Å². The summed E-state index contributed by atoms with van der Waals surface area (Å²) in [5, 5.41) is 13.4. The van der Waals surface area contributed by atoms with E-state index in [1.54, 1.807) is 18.2 Å². The number of aromatic hydroxyl groups is 1. The Morgan fingerprint density at radius 2 is 2.09 bits per heavy atom. The summed E-state index contributed by atoms with van der Waals surface area (Å²) < 4.78 is 5.01. The molecule has 2 N–H and O–H groups in total. The number of rotatable bonds is 5. The number of nitrogens with one attached hydrogen (secondary N) is 1. The zero-order valence-corrected chi connectivity index (χ0v) is 13.6. The summed E-state index contributed by atoms with van der Waals surface area (Å²) in [5.41, 5.74) is 1.32. The smallest absolute Gasteiger partial charge is 0.230 e. The largest absolute Gasteiger partial charge is 0.504 e. The molecule has 0 aliphatic heterocycles. The van der Waals surface area contributed by atoms with Crippen LogP contribution in [0.5, 0.6) is 11.5 Å². The minimum absolute atomic E-state index is 0.00456. The molecule has 23 heavy (non-hydrogen) atoms. The van der Waals surface area contributed by atoms with Crippen molar-refractivity contribution in [3.05, 3.63) is 58.6 Å². The maximum absolute atomic E-state index is 12.6. The van der Waals surface area contributed by atoms with E-state index in [1.807, 2.05) is 24.3 Å². The standard InChI is InChI=1S/C18H18ClNO3/c1-23-16-6-5-12(9-15(16)21)11-20-17(22)18(7-8-18)13-3-2-4-14(19)10-13/h2-6,9-10,21H,7-8,11H2,1H3,(H,20,22). The summed E-state index contributed by atoms with van der Waals surface area (Å²) in [6.45, 7) is 0.360. The molecule has 0 radical (unpaired) electrons. The number of hydrogen-bond acceptors (Lipinski definition) is 3. The molecule has 1 fully saturated rings. The lowest BCUT2D eigenvalue weighted by Gasteiger charge is -2.16. The second-order valence-corrected chi connectivity index (χ2v) is 6.22. The summed E-state index contributed by atoms with van der Waals surface area (Å²) in [6, 6.07) is 12.6. The Kier molecular flexibility index (Phi) is 4.18. The first-order valence-corrected chi connectivity index (χ1v) is 7.83. The number of carbonyl (C=O) groups is 1. The number of amides is 1. The van der Waals surface area contributed by atoms with Gasteiger partial charge in [-0.15, -0.1) is 0 Å². The fraction of sp³-hybridized carbons (Fsp3) is 0.278. The van der Waals surface area contributed by atoms with Crippen LogP contribution in [0.15, 0.2) is 42.5 Å². The Morgan fingerprint density at radius 1 is 1.30 bits per heavy atom. The van der Waals surface area contributed by atoms with Crippen LogP contribution in [-0.4, -0.2) is 18.1 Å². The average molecular weight is 332 g/mol. The highest BCUT2D eigenvalue weighted by atomic mass is 35.5. The molecule has 1 aliphatic carbocycles. The molecule has 1 amide bonds. The number of ether oxygens (including phenoxy) is 1. The van der Waals surface area contributed by atoms with Crippen LogP contribution in [0.2, 0.25) is 5.02 Å². The topological polar surface area (TPSA) is 58.6 Å². The molecule has 0 spiro atoms. The Labute approximate surface area is 140 Å². The second-order valence-electron chi connectivity index (χ2n) is 5.78. The van der Waals surface area contributed by atoms with Gasteiger partial charge in [-0.2, -0.15) is 0 Å². The monoisotopic (exact) mass is 331 g/mol. The molecule has 0 saturated heterocycles. The van der Waals surface area contributed by atoms with E-state index in [1.165, 1.54) is 7.11 Å². The van der Waals surface area contributed by atoms with Crippen molar-refractivity contribution < 1.29 is 14.6 Å².